The highest BCUT2D eigenvalue weighted by molar-refractivity contribution is 6.00. The third kappa shape index (κ3) is 3.18. The first-order chi connectivity index (χ1) is 10.3. The van der Waals surface area contributed by atoms with Crippen molar-refractivity contribution >= 4 is 11.9 Å². The molecule has 2 rings (SSSR count). The van der Waals surface area contributed by atoms with Crippen molar-refractivity contribution in [1.82, 2.24) is 9.88 Å². The Morgan fingerprint density at radius 3 is 2.55 bits per heavy atom. The van der Waals surface area contributed by atoms with E-state index in [1.54, 1.807) is 6.92 Å². The van der Waals surface area contributed by atoms with E-state index in [1.807, 2.05) is 25.7 Å². The first-order valence-electron chi connectivity index (χ1n) is 8.04. The van der Waals surface area contributed by atoms with Crippen molar-refractivity contribution in [3.05, 3.63) is 22.5 Å². The fourth-order valence-corrected chi connectivity index (χ4v) is 3.09. The zero-order chi connectivity index (χ0) is 16.4. The number of hydrogen-bond acceptors (Lipinski definition) is 3. The van der Waals surface area contributed by atoms with E-state index in [0.717, 1.165) is 19.4 Å². The molecule has 1 atom stereocenters. The van der Waals surface area contributed by atoms with Crippen molar-refractivity contribution in [2.24, 2.45) is 0 Å². The molecule has 0 spiro atoms. The number of carbonyl (C=O) groups is 2. The summed E-state index contributed by atoms with van der Waals surface area (Å²) in [6.07, 6.45) is 3.06. The Hall–Kier alpha value is -1.78. The number of rotatable bonds is 3. The first-order valence-corrected chi connectivity index (χ1v) is 8.04. The summed E-state index contributed by atoms with van der Waals surface area (Å²) in [6.45, 7) is 10.1. The molecule has 122 valence electrons. The molecule has 0 radical (unpaired) electrons. The molecule has 1 fully saturated rings. The minimum atomic E-state index is -0.369. The maximum absolute atomic E-state index is 12.8. The quantitative estimate of drug-likeness (QED) is 0.872. The highest BCUT2D eigenvalue weighted by atomic mass is 16.5. The third-order valence-electron chi connectivity index (χ3n) is 4.26. The minimum Gasteiger partial charge on any atom is -0.459 e. The van der Waals surface area contributed by atoms with Crippen LogP contribution in [-0.4, -0.2) is 40.5 Å². The predicted molar refractivity (Wildman–Crippen MR) is 85.2 cm³/mol. The second-order valence-corrected chi connectivity index (χ2v) is 6.42. The van der Waals surface area contributed by atoms with Gasteiger partial charge in [0.2, 0.25) is 0 Å². The van der Waals surface area contributed by atoms with Crippen LogP contribution in [0.25, 0.3) is 0 Å². The molecule has 1 saturated heterocycles. The number of ether oxygens (including phenoxy) is 1. The summed E-state index contributed by atoms with van der Waals surface area (Å²) in [5.74, 6) is -0.386. The van der Waals surface area contributed by atoms with Gasteiger partial charge >= 0.3 is 5.97 Å². The Balaban J connectivity index is 2.29. The number of piperidine rings is 1. The largest absolute Gasteiger partial charge is 0.459 e. The van der Waals surface area contributed by atoms with Crippen molar-refractivity contribution in [2.45, 2.75) is 66.0 Å². The molecule has 1 aliphatic heterocycles. The number of nitrogens with one attached hydrogen (secondary N) is 1. The lowest BCUT2D eigenvalue weighted by molar-refractivity contribution is 0.0376. The monoisotopic (exact) mass is 306 g/mol. The number of hydrogen-bond donors (Lipinski definition) is 1. The van der Waals surface area contributed by atoms with E-state index in [0.29, 0.717) is 22.5 Å². The van der Waals surface area contributed by atoms with Crippen LogP contribution in [0, 0.1) is 13.8 Å². The lowest BCUT2D eigenvalue weighted by Crippen LogP contribution is -2.42. The number of aromatic nitrogens is 1. The molecule has 1 amide bonds. The summed E-state index contributed by atoms with van der Waals surface area (Å²) in [5.41, 5.74) is 2.38. The Morgan fingerprint density at radius 1 is 1.27 bits per heavy atom. The maximum Gasteiger partial charge on any atom is 0.340 e. The second-order valence-electron chi connectivity index (χ2n) is 6.42. The number of aromatic amines is 1. The normalized spacial score (nSPS) is 18.6. The van der Waals surface area contributed by atoms with Crippen LogP contribution in [0.3, 0.4) is 0 Å². The van der Waals surface area contributed by atoms with E-state index in [2.05, 4.69) is 11.9 Å². The molecule has 22 heavy (non-hydrogen) atoms. The topological polar surface area (TPSA) is 62.4 Å². The molecule has 1 aliphatic rings. The van der Waals surface area contributed by atoms with Gasteiger partial charge in [-0.15, -0.1) is 0 Å². The minimum absolute atomic E-state index is 0.0172. The van der Waals surface area contributed by atoms with E-state index in [4.69, 9.17) is 4.74 Å². The molecular formula is C17H26N2O3. The zero-order valence-corrected chi connectivity index (χ0v) is 14.2. The third-order valence-corrected chi connectivity index (χ3v) is 4.26. The van der Waals surface area contributed by atoms with Crippen molar-refractivity contribution in [3.8, 4) is 0 Å². The van der Waals surface area contributed by atoms with Crippen LogP contribution < -0.4 is 0 Å². The van der Waals surface area contributed by atoms with Gasteiger partial charge in [0.1, 0.15) is 5.69 Å². The number of carbonyl (C=O) groups excluding carboxylic acids is 2. The zero-order valence-electron chi connectivity index (χ0n) is 14.2. The molecule has 0 bridgehead atoms. The van der Waals surface area contributed by atoms with E-state index >= 15 is 0 Å². The van der Waals surface area contributed by atoms with Crippen molar-refractivity contribution < 1.29 is 14.3 Å². The Labute approximate surface area is 132 Å². The van der Waals surface area contributed by atoms with Crippen LogP contribution in [0.2, 0.25) is 0 Å². The Bertz CT molecular complexity index is 575. The summed E-state index contributed by atoms with van der Waals surface area (Å²) in [5, 5.41) is 0. The smallest absolute Gasteiger partial charge is 0.340 e. The van der Waals surface area contributed by atoms with Gasteiger partial charge in [-0.05, 0) is 59.4 Å². The van der Waals surface area contributed by atoms with Gasteiger partial charge in [-0.3, -0.25) is 4.79 Å². The molecule has 2 heterocycles. The Kier molecular flexibility index (Phi) is 4.94. The highest BCUT2D eigenvalue weighted by Gasteiger charge is 2.29. The molecule has 5 nitrogen and oxygen atoms in total. The predicted octanol–water partition coefficient (Wildman–Crippen LogP) is 3.21. The molecule has 0 aromatic carbocycles. The van der Waals surface area contributed by atoms with Gasteiger partial charge in [0, 0.05) is 18.3 Å². The van der Waals surface area contributed by atoms with E-state index in [-0.39, 0.29) is 24.0 Å². The van der Waals surface area contributed by atoms with E-state index in [1.165, 1.54) is 6.42 Å². The molecule has 0 aliphatic carbocycles. The highest BCUT2D eigenvalue weighted by Crippen LogP contribution is 2.24. The standard InChI is InChI=1S/C17H26N2O3/c1-10(2)22-17(21)14-12(4)15(18-13(14)5)16(20)19-9-7-6-8-11(19)3/h10-11,18H,6-9H2,1-5H3. The number of H-pyrrole nitrogens is 1. The van der Waals surface area contributed by atoms with E-state index < -0.39 is 0 Å². The average molecular weight is 306 g/mol. The molecule has 1 N–H and O–H groups in total. The number of likely N-dealkylation sites (tertiary alicyclic amines) is 1. The number of aryl methyl sites for hydroxylation is 1. The average Bonchev–Trinajstić information content (AvgIpc) is 2.73. The Morgan fingerprint density at radius 2 is 1.95 bits per heavy atom. The second kappa shape index (κ2) is 6.55. The van der Waals surface area contributed by atoms with Gasteiger partial charge in [0.15, 0.2) is 0 Å². The number of nitrogens with zero attached hydrogens (tertiary/aromatic N) is 1. The van der Waals surface area contributed by atoms with Crippen LogP contribution in [0.15, 0.2) is 0 Å². The van der Waals surface area contributed by atoms with Crippen LogP contribution >= 0.6 is 0 Å². The van der Waals surface area contributed by atoms with Gasteiger partial charge < -0.3 is 14.6 Å². The fourth-order valence-electron chi connectivity index (χ4n) is 3.09. The van der Waals surface area contributed by atoms with Crippen LogP contribution in [-0.2, 0) is 4.74 Å². The summed E-state index contributed by atoms with van der Waals surface area (Å²) in [6, 6.07) is 0.246. The summed E-state index contributed by atoms with van der Waals surface area (Å²) >= 11 is 0. The van der Waals surface area contributed by atoms with Crippen LogP contribution in [0.1, 0.15) is 72.1 Å². The SMILES string of the molecule is Cc1[nH]c(C(=O)N2CCCCC2C)c(C)c1C(=O)OC(C)C. The lowest BCUT2D eigenvalue weighted by atomic mass is 10.0. The van der Waals surface area contributed by atoms with Gasteiger partial charge in [-0.2, -0.15) is 0 Å². The van der Waals surface area contributed by atoms with Crippen molar-refractivity contribution in [3.63, 3.8) is 0 Å². The fraction of sp³-hybridized carbons (Fsp3) is 0.647. The molecular weight excluding hydrogens is 280 g/mol. The molecule has 5 heteroatoms. The van der Waals surface area contributed by atoms with Gasteiger partial charge in [0.05, 0.1) is 11.7 Å². The summed E-state index contributed by atoms with van der Waals surface area (Å²) in [7, 11) is 0. The van der Waals surface area contributed by atoms with Gasteiger partial charge in [-0.1, -0.05) is 0 Å². The van der Waals surface area contributed by atoms with Crippen molar-refractivity contribution in [1.29, 1.82) is 0 Å². The lowest BCUT2D eigenvalue weighted by Gasteiger charge is -2.33. The summed E-state index contributed by atoms with van der Waals surface area (Å²) in [4.78, 5) is 30.0. The number of esters is 1. The van der Waals surface area contributed by atoms with Crippen LogP contribution in [0.4, 0.5) is 0 Å². The molecule has 0 saturated carbocycles. The molecule has 1 aromatic rings. The van der Waals surface area contributed by atoms with E-state index in [9.17, 15) is 9.59 Å². The molecule has 1 aromatic heterocycles. The summed E-state index contributed by atoms with van der Waals surface area (Å²) < 4.78 is 5.27. The number of amides is 1. The molecule has 1 unspecified atom stereocenters. The van der Waals surface area contributed by atoms with Gasteiger partial charge in [0.25, 0.3) is 5.91 Å². The van der Waals surface area contributed by atoms with Gasteiger partial charge in [-0.25, -0.2) is 4.79 Å². The van der Waals surface area contributed by atoms with Crippen molar-refractivity contribution in [2.75, 3.05) is 6.54 Å². The maximum atomic E-state index is 12.8. The first kappa shape index (κ1) is 16.6. The van der Waals surface area contributed by atoms with Crippen LogP contribution in [0.5, 0.6) is 0 Å².